The van der Waals surface area contributed by atoms with E-state index in [0.29, 0.717) is 19.4 Å². The van der Waals surface area contributed by atoms with Crippen LogP contribution in [0.5, 0.6) is 0 Å². The molecule has 1 amide bonds. The Bertz CT molecular complexity index is 689. The van der Waals surface area contributed by atoms with Crippen molar-refractivity contribution in [3.63, 3.8) is 0 Å². The summed E-state index contributed by atoms with van der Waals surface area (Å²) in [5.74, 6) is -1.07. The second-order valence-electron chi connectivity index (χ2n) is 5.06. The van der Waals surface area contributed by atoms with Gasteiger partial charge >= 0.3 is 5.97 Å². The molecule has 2 N–H and O–H groups in total. The van der Waals surface area contributed by atoms with Crippen molar-refractivity contribution in [3.05, 3.63) is 35.5 Å². The van der Waals surface area contributed by atoms with Crippen molar-refractivity contribution < 1.29 is 14.7 Å². The molecule has 104 valence electrons. The molecule has 0 radical (unpaired) electrons. The van der Waals surface area contributed by atoms with E-state index in [-0.39, 0.29) is 5.91 Å². The molecular weight excluding hydrogens is 256 g/mol. The van der Waals surface area contributed by atoms with Crippen molar-refractivity contribution in [1.29, 1.82) is 0 Å². The van der Waals surface area contributed by atoms with Crippen LogP contribution in [0.3, 0.4) is 0 Å². The number of carboxylic acid groups (broad SMARTS) is 1. The summed E-state index contributed by atoms with van der Waals surface area (Å²) in [4.78, 5) is 28.2. The Morgan fingerprint density at radius 1 is 1.40 bits per heavy atom. The van der Waals surface area contributed by atoms with Gasteiger partial charge in [-0.2, -0.15) is 0 Å². The highest BCUT2D eigenvalue weighted by Gasteiger charge is 2.35. The number of hydrogen-bond acceptors (Lipinski definition) is 2. The minimum atomic E-state index is -0.942. The third-order valence-electron chi connectivity index (χ3n) is 3.91. The quantitative estimate of drug-likeness (QED) is 0.877. The number of rotatable bonds is 2. The molecule has 1 aromatic heterocycles. The number of benzene rings is 1. The van der Waals surface area contributed by atoms with E-state index in [2.05, 4.69) is 4.98 Å². The highest BCUT2D eigenvalue weighted by atomic mass is 16.4. The molecule has 20 heavy (non-hydrogen) atoms. The third-order valence-corrected chi connectivity index (χ3v) is 3.91. The molecule has 2 heterocycles. The fraction of sp³-hybridized carbons (Fsp3) is 0.333. The maximum absolute atomic E-state index is 12.0. The second kappa shape index (κ2) is 4.67. The fourth-order valence-electron chi connectivity index (χ4n) is 2.89. The van der Waals surface area contributed by atoms with Crippen LogP contribution in [0.4, 0.5) is 0 Å². The number of fused-ring (bicyclic) bond motifs is 3. The van der Waals surface area contributed by atoms with Crippen molar-refractivity contribution in [1.82, 2.24) is 9.88 Å². The average Bonchev–Trinajstić information content (AvgIpc) is 2.82. The number of carbonyl (C=O) groups excluding carboxylic acids is 1. The first-order valence-electron chi connectivity index (χ1n) is 6.72. The first-order chi connectivity index (χ1) is 9.61. The molecule has 2 aromatic rings. The van der Waals surface area contributed by atoms with E-state index in [1.165, 1.54) is 4.90 Å². The first-order valence-corrected chi connectivity index (χ1v) is 6.72. The molecule has 0 bridgehead atoms. The summed E-state index contributed by atoms with van der Waals surface area (Å²) in [6.45, 7) is 2.09. The van der Waals surface area contributed by atoms with Crippen LogP contribution < -0.4 is 0 Å². The third kappa shape index (κ3) is 1.86. The highest BCUT2D eigenvalue weighted by molar-refractivity contribution is 5.89. The zero-order valence-electron chi connectivity index (χ0n) is 11.2. The topological polar surface area (TPSA) is 73.4 Å². The van der Waals surface area contributed by atoms with Gasteiger partial charge in [-0.1, -0.05) is 25.1 Å². The van der Waals surface area contributed by atoms with Crippen molar-refractivity contribution in [3.8, 4) is 0 Å². The smallest absolute Gasteiger partial charge is 0.326 e. The maximum atomic E-state index is 12.0. The molecule has 1 aliphatic heterocycles. The van der Waals surface area contributed by atoms with E-state index < -0.39 is 12.0 Å². The SMILES string of the molecule is CCC(=O)N1Cc2[nH]c3ccccc3c2C[C@H]1C(=O)O. The summed E-state index contributed by atoms with van der Waals surface area (Å²) in [6, 6.07) is 7.06. The van der Waals surface area contributed by atoms with Gasteiger partial charge in [0, 0.05) is 29.4 Å². The van der Waals surface area contributed by atoms with E-state index in [1.54, 1.807) is 6.92 Å². The predicted octanol–water partition coefficient (Wildman–Crippen LogP) is 1.92. The Morgan fingerprint density at radius 2 is 2.15 bits per heavy atom. The van der Waals surface area contributed by atoms with Gasteiger partial charge in [-0.05, 0) is 11.6 Å². The van der Waals surface area contributed by atoms with Crippen LogP contribution in [0.25, 0.3) is 10.9 Å². The van der Waals surface area contributed by atoms with Crippen LogP contribution in [0.1, 0.15) is 24.6 Å². The van der Waals surface area contributed by atoms with Crippen LogP contribution >= 0.6 is 0 Å². The van der Waals surface area contributed by atoms with E-state index in [1.807, 2.05) is 24.3 Å². The summed E-state index contributed by atoms with van der Waals surface area (Å²) >= 11 is 0. The summed E-state index contributed by atoms with van der Waals surface area (Å²) < 4.78 is 0. The minimum absolute atomic E-state index is 0.123. The zero-order valence-corrected chi connectivity index (χ0v) is 11.2. The molecule has 1 aromatic carbocycles. The highest BCUT2D eigenvalue weighted by Crippen LogP contribution is 2.30. The number of amides is 1. The van der Waals surface area contributed by atoms with Gasteiger partial charge in [-0.3, -0.25) is 4.79 Å². The van der Waals surface area contributed by atoms with Crippen molar-refractivity contribution in [2.24, 2.45) is 0 Å². The van der Waals surface area contributed by atoms with Crippen molar-refractivity contribution in [2.75, 3.05) is 0 Å². The average molecular weight is 272 g/mol. The molecule has 0 aliphatic carbocycles. The number of nitrogens with zero attached hydrogens (tertiary/aromatic N) is 1. The van der Waals surface area contributed by atoms with Crippen LogP contribution in [0.15, 0.2) is 24.3 Å². The fourth-order valence-corrected chi connectivity index (χ4v) is 2.89. The van der Waals surface area contributed by atoms with Gasteiger partial charge < -0.3 is 15.0 Å². The summed E-state index contributed by atoms with van der Waals surface area (Å²) in [5.41, 5.74) is 2.96. The Hall–Kier alpha value is -2.30. The molecule has 1 atom stereocenters. The lowest BCUT2D eigenvalue weighted by molar-refractivity contribution is -0.151. The molecule has 5 nitrogen and oxygen atoms in total. The van der Waals surface area contributed by atoms with Gasteiger partial charge in [0.25, 0.3) is 0 Å². The summed E-state index contributed by atoms with van der Waals surface area (Å²) in [7, 11) is 0. The minimum Gasteiger partial charge on any atom is -0.480 e. The van der Waals surface area contributed by atoms with Gasteiger partial charge in [0.15, 0.2) is 0 Å². The molecule has 0 unspecified atom stereocenters. The van der Waals surface area contributed by atoms with Crippen LogP contribution in [-0.2, 0) is 22.6 Å². The number of hydrogen-bond donors (Lipinski definition) is 2. The number of carboxylic acids is 1. The van der Waals surface area contributed by atoms with Crippen LogP contribution in [0.2, 0.25) is 0 Å². The summed E-state index contributed by atoms with van der Waals surface area (Å²) in [6.07, 6.45) is 0.680. The molecular formula is C15H16N2O3. The Morgan fingerprint density at radius 3 is 2.85 bits per heavy atom. The molecule has 5 heteroatoms. The Kier molecular flexibility index (Phi) is 2.97. The zero-order chi connectivity index (χ0) is 14.3. The lowest BCUT2D eigenvalue weighted by atomic mass is 9.96. The van der Waals surface area contributed by atoms with Crippen molar-refractivity contribution >= 4 is 22.8 Å². The van der Waals surface area contributed by atoms with E-state index in [4.69, 9.17) is 0 Å². The lowest BCUT2D eigenvalue weighted by Crippen LogP contribution is -2.48. The number of H-pyrrole nitrogens is 1. The molecule has 0 saturated carbocycles. The van der Waals surface area contributed by atoms with Gasteiger partial charge in [0.1, 0.15) is 6.04 Å². The molecule has 1 aliphatic rings. The Labute approximate surface area is 116 Å². The van der Waals surface area contributed by atoms with Crippen molar-refractivity contribution in [2.45, 2.75) is 32.4 Å². The van der Waals surface area contributed by atoms with E-state index >= 15 is 0 Å². The number of aliphatic carboxylic acids is 1. The second-order valence-corrected chi connectivity index (χ2v) is 5.06. The summed E-state index contributed by atoms with van der Waals surface area (Å²) in [5, 5.41) is 10.4. The van der Waals surface area contributed by atoms with Gasteiger partial charge in [0.05, 0.1) is 6.54 Å². The Balaban J connectivity index is 2.08. The lowest BCUT2D eigenvalue weighted by Gasteiger charge is -2.33. The largest absolute Gasteiger partial charge is 0.480 e. The number of aromatic nitrogens is 1. The molecule has 0 spiro atoms. The monoisotopic (exact) mass is 272 g/mol. The number of carbonyl (C=O) groups is 2. The van der Waals surface area contributed by atoms with E-state index in [0.717, 1.165) is 22.2 Å². The van der Waals surface area contributed by atoms with Crippen LogP contribution in [-0.4, -0.2) is 32.9 Å². The molecule has 3 rings (SSSR count). The standard InChI is InChI=1S/C15H16N2O3/c1-2-14(18)17-8-12-10(7-13(17)15(19)20)9-5-3-4-6-11(9)16-12/h3-6,13,16H,2,7-8H2,1H3,(H,19,20)/t13-/m0/s1. The number of para-hydroxylation sites is 1. The van der Waals surface area contributed by atoms with Crippen LogP contribution in [0, 0.1) is 0 Å². The molecule has 0 fully saturated rings. The van der Waals surface area contributed by atoms with Gasteiger partial charge in [-0.25, -0.2) is 4.79 Å². The number of nitrogens with one attached hydrogen (secondary N) is 1. The van der Waals surface area contributed by atoms with Gasteiger partial charge in [-0.15, -0.1) is 0 Å². The van der Waals surface area contributed by atoms with Gasteiger partial charge in [0.2, 0.25) is 5.91 Å². The predicted molar refractivity (Wildman–Crippen MR) is 74.3 cm³/mol. The first kappa shape index (κ1) is 12.7. The normalized spacial score (nSPS) is 18.1. The maximum Gasteiger partial charge on any atom is 0.326 e. The number of aromatic amines is 1. The van der Waals surface area contributed by atoms with E-state index in [9.17, 15) is 14.7 Å². The molecule has 0 saturated heterocycles.